The summed E-state index contributed by atoms with van der Waals surface area (Å²) in [6.07, 6.45) is 4.28. The Hall–Kier alpha value is -2.35. The third kappa shape index (κ3) is 2.27. The van der Waals surface area contributed by atoms with Crippen LogP contribution in [-0.2, 0) is 13.0 Å². The van der Waals surface area contributed by atoms with E-state index < -0.39 is 0 Å². The van der Waals surface area contributed by atoms with E-state index in [2.05, 4.69) is 70.2 Å². The third-order valence-electron chi connectivity index (χ3n) is 4.40. The zero-order valence-corrected chi connectivity index (χ0v) is 11.9. The number of fused-ring (bicyclic) bond motifs is 1. The lowest BCUT2D eigenvalue weighted by atomic mass is 9.91. The molecule has 0 N–H and O–H groups in total. The first-order chi connectivity index (χ1) is 10.4. The number of aromatic nitrogens is 2. The molecule has 1 unspecified atom stereocenters. The Labute approximate surface area is 125 Å². The molecule has 0 bridgehead atoms. The van der Waals surface area contributed by atoms with Crippen LogP contribution in [0.15, 0.2) is 66.9 Å². The summed E-state index contributed by atoms with van der Waals surface area (Å²) in [5.74, 6) is 1.82. The van der Waals surface area contributed by atoms with Gasteiger partial charge in [-0.1, -0.05) is 60.7 Å². The first kappa shape index (κ1) is 12.4. The van der Waals surface area contributed by atoms with Gasteiger partial charge in [0.15, 0.2) is 0 Å². The largest absolute Gasteiger partial charge is 0.327 e. The standard InChI is InChI=1S/C19H18N2/c1-3-7-15(8-4-1)17-11-12-19-20-13-18(21(19)14-17)16-9-5-2-6-10-16/h1-10,13,17H,11-12,14H2. The third-order valence-corrected chi connectivity index (χ3v) is 4.40. The summed E-state index contributed by atoms with van der Waals surface area (Å²) in [7, 11) is 0. The molecule has 1 aliphatic rings. The normalized spacial score (nSPS) is 17.4. The first-order valence-corrected chi connectivity index (χ1v) is 7.56. The van der Waals surface area contributed by atoms with E-state index in [1.54, 1.807) is 0 Å². The van der Waals surface area contributed by atoms with Crippen LogP contribution in [0.4, 0.5) is 0 Å². The lowest BCUT2D eigenvalue weighted by Crippen LogP contribution is -2.19. The van der Waals surface area contributed by atoms with Crippen molar-refractivity contribution in [3.8, 4) is 11.3 Å². The van der Waals surface area contributed by atoms with Gasteiger partial charge in [0.1, 0.15) is 5.82 Å². The monoisotopic (exact) mass is 274 g/mol. The van der Waals surface area contributed by atoms with Crippen molar-refractivity contribution in [2.24, 2.45) is 0 Å². The van der Waals surface area contributed by atoms with Crippen molar-refractivity contribution in [2.45, 2.75) is 25.3 Å². The Bertz CT molecular complexity index is 729. The molecule has 0 saturated heterocycles. The lowest BCUT2D eigenvalue weighted by molar-refractivity contribution is 0.459. The fourth-order valence-corrected chi connectivity index (χ4v) is 3.27. The highest BCUT2D eigenvalue weighted by atomic mass is 15.1. The van der Waals surface area contributed by atoms with Crippen molar-refractivity contribution in [3.05, 3.63) is 78.2 Å². The van der Waals surface area contributed by atoms with Gasteiger partial charge in [0.2, 0.25) is 0 Å². The van der Waals surface area contributed by atoms with E-state index in [9.17, 15) is 0 Å². The van der Waals surface area contributed by atoms with Crippen LogP contribution >= 0.6 is 0 Å². The Balaban J connectivity index is 1.70. The summed E-state index contributed by atoms with van der Waals surface area (Å²) in [6, 6.07) is 21.4. The van der Waals surface area contributed by atoms with Crippen LogP contribution in [0.1, 0.15) is 23.7 Å². The SMILES string of the molecule is c1ccc(-c2cnc3n2CC(c2ccccc2)CC3)cc1. The summed E-state index contributed by atoms with van der Waals surface area (Å²) >= 11 is 0. The second kappa shape index (κ2) is 5.21. The molecule has 2 aromatic carbocycles. The maximum absolute atomic E-state index is 4.62. The number of nitrogens with zero attached hydrogens (tertiary/aromatic N) is 2. The number of rotatable bonds is 2. The van der Waals surface area contributed by atoms with Crippen molar-refractivity contribution in [1.29, 1.82) is 0 Å². The van der Waals surface area contributed by atoms with E-state index in [0.717, 1.165) is 13.0 Å². The fourth-order valence-electron chi connectivity index (χ4n) is 3.27. The van der Waals surface area contributed by atoms with Crippen LogP contribution in [0.25, 0.3) is 11.3 Å². The summed E-state index contributed by atoms with van der Waals surface area (Å²) in [6.45, 7) is 1.03. The van der Waals surface area contributed by atoms with E-state index in [4.69, 9.17) is 0 Å². The summed E-state index contributed by atoms with van der Waals surface area (Å²) in [5, 5.41) is 0. The van der Waals surface area contributed by atoms with Crippen LogP contribution in [0.2, 0.25) is 0 Å². The second-order valence-corrected chi connectivity index (χ2v) is 5.68. The summed E-state index contributed by atoms with van der Waals surface area (Å²) in [5.41, 5.74) is 3.94. The molecule has 0 fully saturated rings. The van der Waals surface area contributed by atoms with Crippen molar-refractivity contribution >= 4 is 0 Å². The maximum Gasteiger partial charge on any atom is 0.109 e. The van der Waals surface area contributed by atoms with Gasteiger partial charge in [-0.25, -0.2) is 4.98 Å². The minimum Gasteiger partial charge on any atom is -0.327 e. The highest BCUT2D eigenvalue weighted by molar-refractivity contribution is 5.59. The van der Waals surface area contributed by atoms with Crippen LogP contribution in [0, 0.1) is 0 Å². The zero-order chi connectivity index (χ0) is 14.1. The fraction of sp³-hybridized carbons (Fsp3) is 0.211. The molecule has 1 aliphatic heterocycles. The molecule has 0 aliphatic carbocycles. The van der Waals surface area contributed by atoms with Gasteiger partial charge in [0, 0.05) is 18.9 Å². The van der Waals surface area contributed by atoms with Gasteiger partial charge in [-0.15, -0.1) is 0 Å². The molecule has 0 spiro atoms. The molecule has 2 heteroatoms. The van der Waals surface area contributed by atoms with Gasteiger partial charge in [-0.2, -0.15) is 0 Å². The summed E-state index contributed by atoms with van der Waals surface area (Å²) in [4.78, 5) is 4.62. The van der Waals surface area contributed by atoms with Crippen LogP contribution < -0.4 is 0 Å². The molecule has 2 nitrogen and oxygen atoms in total. The quantitative estimate of drug-likeness (QED) is 0.682. The Kier molecular flexibility index (Phi) is 3.07. The van der Waals surface area contributed by atoms with Gasteiger partial charge < -0.3 is 4.57 Å². The summed E-state index contributed by atoms with van der Waals surface area (Å²) < 4.78 is 2.40. The van der Waals surface area contributed by atoms with E-state index in [1.807, 2.05) is 6.20 Å². The van der Waals surface area contributed by atoms with E-state index in [0.29, 0.717) is 5.92 Å². The van der Waals surface area contributed by atoms with E-state index in [1.165, 1.54) is 29.1 Å². The number of hydrogen-bond acceptors (Lipinski definition) is 1. The van der Waals surface area contributed by atoms with E-state index >= 15 is 0 Å². The van der Waals surface area contributed by atoms with Gasteiger partial charge in [0.05, 0.1) is 11.9 Å². The topological polar surface area (TPSA) is 17.8 Å². The predicted octanol–water partition coefficient (Wildman–Crippen LogP) is 4.28. The zero-order valence-electron chi connectivity index (χ0n) is 11.9. The van der Waals surface area contributed by atoms with E-state index in [-0.39, 0.29) is 0 Å². The van der Waals surface area contributed by atoms with Crippen molar-refractivity contribution in [1.82, 2.24) is 9.55 Å². The molecule has 4 rings (SSSR count). The molecule has 0 saturated carbocycles. The first-order valence-electron chi connectivity index (χ1n) is 7.56. The highest BCUT2D eigenvalue weighted by Crippen LogP contribution is 2.32. The Morgan fingerprint density at radius 3 is 2.38 bits per heavy atom. The molecule has 2 heterocycles. The molecular formula is C19H18N2. The predicted molar refractivity (Wildman–Crippen MR) is 85.2 cm³/mol. The maximum atomic E-state index is 4.62. The number of aryl methyl sites for hydroxylation is 1. The molecule has 1 aromatic heterocycles. The van der Waals surface area contributed by atoms with Crippen LogP contribution in [0.5, 0.6) is 0 Å². The van der Waals surface area contributed by atoms with Crippen LogP contribution in [-0.4, -0.2) is 9.55 Å². The van der Waals surface area contributed by atoms with Gasteiger partial charge >= 0.3 is 0 Å². The second-order valence-electron chi connectivity index (χ2n) is 5.68. The van der Waals surface area contributed by atoms with Crippen molar-refractivity contribution in [3.63, 3.8) is 0 Å². The number of hydrogen-bond donors (Lipinski definition) is 0. The number of benzene rings is 2. The molecule has 21 heavy (non-hydrogen) atoms. The molecule has 3 aromatic rings. The Morgan fingerprint density at radius 2 is 1.62 bits per heavy atom. The van der Waals surface area contributed by atoms with Crippen molar-refractivity contribution < 1.29 is 0 Å². The van der Waals surface area contributed by atoms with Crippen molar-refractivity contribution in [2.75, 3.05) is 0 Å². The number of imidazole rings is 1. The average molecular weight is 274 g/mol. The van der Waals surface area contributed by atoms with Gasteiger partial charge in [-0.3, -0.25) is 0 Å². The van der Waals surface area contributed by atoms with Crippen LogP contribution in [0.3, 0.4) is 0 Å². The lowest BCUT2D eigenvalue weighted by Gasteiger charge is -2.25. The average Bonchev–Trinajstić information content (AvgIpc) is 2.99. The molecule has 104 valence electrons. The molecule has 1 atom stereocenters. The molecule has 0 amide bonds. The van der Waals surface area contributed by atoms with Gasteiger partial charge in [0.25, 0.3) is 0 Å². The minimum atomic E-state index is 0.593. The Morgan fingerprint density at radius 1 is 0.905 bits per heavy atom. The van der Waals surface area contributed by atoms with Gasteiger partial charge in [-0.05, 0) is 17.5 Å². The smallest absolute Gasteiger partial charge is 0.109 e. The molecular weight excluding hydrogens is 256 g/mol. The minimum absolute atomic E-state index is 0.593. The molecule has 0 radical (unpaired) electrons. The highest BCUT2D eigenvalue weighted by Gasteiger charge is 2.23.